The number of carboxylic acid groups (broad SMARTS) is 1. The summed E-state index contributed by atoms with van der Waals surface area (Å²) in [6, 6.07) is 16.3. The van der Waals surface area contributed by atoms with Crippen molar-refractivity contribution in [3.8, 4) is 11.1 Å². The van der Waals surface area contributed by atoms with Gasteiger partial charge in [0.25, 0.3) is 0 Å². The van der Waals surface area contributed by atoms with Gasteiger partial charge in [-0.3, -0.25) is 9.59 Å². The van der Waals surface area contributed by atoms with Gasteiger partial charge >= 0.3 is 12.1 Å². The van der Waals surface area contributed by atoms with Gasteiger partial charge in [0.05, 0.1) is 5.92 Å². The number of carbonyl (C=O) groups excluding carboxylic acids is 2. The maximum atomic E-state index is 12.5. The summed E-state index contributed by atoms with van der Waals surface area (Å²) in [4.78, 5) is 36.0. The van der Waals surface area contributed by atoms with Crippen molar-refractivity contribution in [2.45, 2.75) is 51.0 Å². The van der Waals surface area contributed by atoms with Crippen LogP contribution in [0.5, 0.6) is 0 Å². The molecule has 3 atom stereocenters. The second-order valence-corrected chi connectivity index (χ2v) is 9.35. The first-order valence-corrected chi connectivity index (χ1v) is 12.1. The maximum Gasteiger partial charge on any atom is 0.407 e. The van der Waals surface area contributed by atoms with E-state index >= 15 is 0 Å². The minimum atomic E-state index is -0.792. The van der Waals surface area contributed by atoms with Crippen molar-refractivity contribution in [2.24, 2.45) is 11.8 Å². The molecule has 0 bridgehead atoms. The Bertz CT molecular complexity index is 1010. The summed E-state index contributed by atoms with van der Waals surface area (Å²) in [6.45, 7) is 2.39. The number of hydrogen-bond donors (Lipinski definition) is 3. The summed E-state index contributed by atoms with van der Waals surface area (Å²) in [5, 5.41) is 14.9. The number of carboxylic acids is 1. The van der Waals surface area contributed by atoms with Gasteiger partial charge in [0, 0.05) is 24.4 Å². The Balaban J connectivity index is 1.21. The predicted octanol–water partition coefficient (Wildman–Crippen LogP) is 4.31. The van der Waals surface area contributed by atoms with Crippen LogP contribution in [0.25, 0.3) is 11.1 Å². The molecule has 0 saturated heterocycles. The number of carbonyl (C=O) groups is 3. The van der Waals surface area contributed by atoms with Crippen LogP contribution in [0.2, 0.25) is 0 Å². The van der Waals surface area contributed by atoms with Crippen LogP contribution in [0.15, 0.2) is 48.5 Å². The summed E-state index contributed by atoms with van der Waals surface area (Å²) >= 11 is 0. The van der Waals surface area contributed by atoms with Crippen molar-refractivity contribution >= 4 is 18.0 Å². The maximum absolute atomic E-state index is 12.5. The van der Waals surface area contributed by atoms with Gasteiger partial charge in [0.15, 0.2) is 0 Å². The number of nitrogens with one attached hydrogen (secondary N) is 2. The Morgan fingerprint density at radius 1 is 1.03 bits per heavy atom. The summed E-state index contributed by atoms with van der Waals surface area (Å²) < 4.78 is 5.53. The molecule has 34 heavy (non-hydrogen) atoms. The molecule has 1 fully saturated rings. The Morgan fingerprint density at radius 2 is 1.68 bits per heavy atom. The standard InChI is InChI=1S/C27H32N2O5/c1-17(25(30)29-19-8-6-7-18(15-19)26(31)32)13-14-28-27(33)34-16-24-22-11-4-2-9-20(22)21-10-3-5-12-23(21)24/h2-5,9-12,17-19,24H,6-8,13-16H2,1H3,(H,28,33)(H,29,30)(H,31,32)/t17?,18-,19-/m1/s1. The molecule has 2 aromatic carbocycles. The van der Waals surface area contributed by atoms with Crippen LogP contribution in [0.3, 0.4) is 0 Å². The molecule has 2 aromatic rings. The Labute approximate surface area is 199 Å². The van der Waals surface area contributed by atoms with Crippen LogP contribution < -0.4 is 10.6 Å². The number of hydrogen-bond acceptors (Lipinski definition) is 4. The second kappa shape index (κ2) is 10.7. The average molecular weight is 465 g/mol. The molecule has 180 valence electrons. The van der Waals surface area contributed by atoms with Crippen molar-refractivity contribution in [3.63, 3.8) is 0 Å². The molecule has 2 amide bonds. The van der Waals surface area contributed by atoms with Crippen molar-refractivity contribution < 1.29 is 24.2 Å². The summed E-state index contributed by atoms with van der Waals surface area (Å²) in [6.07, 6.45) is 2.74. The molecule has 7 heteroatoms. The Hall–Kier alpha value is -3.35. The first-order valence-electron chi connectivity index (χ1n) is 12.1. The molecule has 1 unspecified atom stereocenters. The van der Waals surface area contributed by atoms with Crippen molar-refractivity contribution in [1.29, 1.82) is 0 Å². The van der Waals surface area contributed by atoms with Gasteiger partial charge in [-0.15, -0.1) is 0 Å². The van der Waals surface area contributed by atoms with Crippen molar-refractivity contribution in [2.75, 3.05) is 13.2 Å². The lowest BCUT2D eigenvalue weighted by molar-refractivity contribution is -0.143. The minimum absolute atomic E-state index is 0.00738. The van der Waals surface area contributed by atoms with E-state index in [0.29, 0.717) is 25.8 Å². The molecule has 0 radical (unpaired) electrons. The highest BCUT2D eigenvalue weighted by atomic mass is 16.5. The molecule has 2 aliphatic rings. The zero-order valence-electron chi connectivity index (χ0n) is 19.5. The van der Waals surface area contributed by atoms with E-state index in [-0.39, 0.29) is 36.3 Å². The molecule has 7 nitrogen and oxygen atoms in total. The van der Waals surface area contributed by atoms with Crippen LogP contribution in [-0.2, 0) is 14.3 Å². The molecule has 1 saturated carbocycles. The highest BCUT2D eigenvalue weighted by Crippen LogP contribution is 2.44. The third-order valence-corrected chi connectivity index (χ3v) is 7.01. The third kappa shape index (κ3) is 5.41. The van der Waals surface area contributed by atoms with Crippen LogP contribution in [0.1, 0.15) is 56.1 Å². The molecular weight excluding hydrogens is 432 g/mol. The second-order valence-electron chi connectivity index (χ2n) is 9.35. The summed E-state index contributed by atoms with van der Waals surface area (Å²) in [5.41, 5.74) is 4.68. The molecule has 0 aliphatic heterocycles. The summed E-state index contributed by atoms with van der Waals surface area (Å²) in [7, 11) is 0. The van der Waals surface area contributed by atoms with E-state index in [1.165, 1.54) is 11.1 Å². The molecule has 3 N–H and O–H groups in total. The molecule has 0 heterocycles. The van der Waals surface area contributed by atoms with E-state index in [9.17, 15) is 19.5 Å². The van der Waals surface area contributed by atoms with Gasteiger partial charge in [-0.2, -0.15) is 0 Å². The molecule has 4 rings (SSSR count). The van der Waals surface area contributed by atoms with Crippen LogP contribution >= 0.6 is 0 Å². The highest BCUT2D eigenvalue weighted by molar-refractivity contribution is 5.80. The number of benzene rings is 2. The van der Waals surface area contributed by atoms with Crippen LogP contribution in [-0.4, -0.2) is 42.3 Å². The number of fused-ring (bicyclic) bond motifs is 3. The predicted molar refractivity (Wildman–Crippen MR) is 128 cm³/mol. The first-order chi connectivity index (χ1) is 16.4. The Kier molecular flexibility index (Phi) is 7.50. The van der Waals surface area contributed by atoms with Gasteiger partial charge in [0.1, 0.15) is 6.61 Å². The molecular formula is C27H32N2O5. The van der Waals surface area contributed by atoms with Crippen molar-refractivity contribution in [3.05, 3.63) is 59.7 Å². The fourth-order valence-corrected chi connectivity index (χ4v) is 5.06. The van der Waals surface area contributed by atoms with Crippen molar-refractivity contribution in [1.82, 2.24) is 10.6 Å². The van der Waals surface area contributed by atoms with E-state index in [2.05, 4.69) is 34.9 Å². The fourth-order valence-electron chi connectivity index (χ4n) is 5.06. The summed E-state index contributed by atoms with van der Waals surface area (Å²) in [5.74, 6) is -1.57. The van der Waals surface area contributed by atoms with Gasteiger partial charge in [0.2, 0.25) is 5.91 Å². The topological polar surface area (TPSA) is 105 Å². The lowest BCUT2D eigenvalue weighted by Crippen LogP contribution is -2.42. The van der Waals surface area contributed by atoms with E-state index in [1.54, 1.807) is 0 Å². The highest BCUT2D eigenvalue weighted by Gasteiger charge is 2.30. The number of aliphatic carboxylic acids is 1. The lowest BCUT2D eigenvalue weighted by Gasteiger charge is -2.28. The van der Waals surface area contributed by atoms with E-state index in [4.69, 9.17) is 4.74 Å². The SMILES string of the molecule is CC(CCNC(=O)OCC1c2ccccc2-c2ccccc21)C(=O)N[C@@H]1CCC[C@@H](C(=O)O)C1. The fraction of sp³-hybridized carbons (Fsp3) is 0.444. The van der Waals surface area contributed by atoms with Gasteiger partial charge in [-0.05, 0) is 47.9 Å². The zero-order chi connectivity index (χ0) is 24.1. The van der Waals surface area contributed by atoms with Gasteiger partial charge < -0.3 is 20.5 Å². The van der Waals surface area contributed by atoms with Gasteiger partial charge in [-0.25, -0.2) is 4.79 Å². The van der Waals surface area contributed by atoms with Gasteiger partial charge in [-0.1, -0.05) is 61.9 Å². The number of amides is 2. The number of alkyl carbamates (subject to hydrolysis) is 1. The zero-order valence-corrected chi connectivity index (χ0v) is 19.5. The van der Waals surface area contributed by atoms with E-state index < -0.39 is 12.1 Å². The quantitative estimate of drug-likeness (QED) is 0.540. The van der Waals surface area contributed by atoms with E-state index in [1.807, 2.05) is 31.2 Å². The first kappa shape index (κ1) is 23.8. The minimum Gasteiger partial charge on any atom is -0.481 e. The third-order valence-electron chi connectivity index (χ3n) is 7.01. The Morgan fingerprint density at radius 3 is 2.32 bits per heavy atom. The van der Waals surface area contributed by atoms with Crippen LogP contribution in [0, 0.1) is 11.8 Å². The lowest BCUT2D eigenvalue weighted by atomic mass is 9.85. The van der Waals surface area contributed by atoms with Crippen LogP contribution in [0.4, 0.5) is 4.79 Å². The molecule has 0 spiro atoms. The molecule has 2 aliphatic carbocycles. The monoisotopic (exact) mass is 464 g/mol. The normalized spacial score (nSPS) is 20.0. The average Bonchev–Trinajstić information content (AvgIpc) is 3.16. The van der Waals surface area contributed by atoms with E-state index in [0.717, 1.165) is 24.0 Å². The molecule has 0 aromatic heterocycles. The smallest absolute Gasteiger partial charge is 0.407 e. The number of rotatable bonds is 8. The number of ether oxygens (including phenoxy) is 1. The largest absolute Gasteiger partial charge is 0.481 e.